The highest BCUT2D eigenvalue weighted by Crippen LogP contribution is 2.26. The van der Waals surface area contributed by atoms with Crippen molar-refractivity contribution in [3.05, 3.63) is 40.8 Å². The summed E-state index contributed by atoms with van der Waals surface area (Å²) in [4.78, 5) is 16.9. The van der Waals surface area contributed by atoms with Gasteiger partial charge in [0.1, 0.15) is 10.7 Å². The van der Waals surface area contributed by atoms with Crippen LogP contribution in [0.5, 0.6) is 0 Å². The summed E-state index contributed by atoms with van der Waals surface area (Å²) in [5.41, 5.74) is 6.88. The molecule has 0 saturated carbocycles. The fraction of sp³-hybridized carbons (Fsp3) is 0.333. The van der Waals surface area contributed by atoms with E-state index in [4.69, 9.17) is 5.73 Å². The second kappa shape index (κ2) is 6.58. The van der Waals surface area contributed by atoms with E-state index in [1.165, 1.54) is 11.3 Å². The third-order valence-corrected chi connectivity index (χ3v) is 3.92. The monoisotopic (exact) mass is 304 g/mol. The predicted molar refractivity (Wildman–Crippen MR) is 87.6 cm³/mol. The average molecular weight is 304 g/mol. The number of nitrogens with one attached hydrogen (secondary N) is 2. The second-order valence-electron chi connectivity index (χ2n) is 5.14. The van der Waals surface area contributed by atoms with Gasteiger partial charge in [-0.3, -0.25) is 4.79 Å². The molecule has 1 heterocycles. The van der Waals surface area contributed by atoms with Crippen LogP contribution in [0.25, 0.3) is 0 Å². The van der Waals surface area contributed by atoms with Crippen LogP contribution in [0.15, 0.2) is 30.3 Å². The Balaban J connectivity index is 2.08. The van der Waals surface area contributed by atoms with Crippen LogP contribution < -0.4 is 16.4 Å². The zero-order valence-electron chi connectivity index (χ0n) is 12.4. The first-order valence-corrected chi connectivity index (χ1v) is 7.67. The first-order chi connectivity index (χ1) is 9.97. The largest absolute Gasteiger partial charge is 0.382 e. The van der Waals surface area contributed by atoms with E-state index in [0.29, 0.717) is 10.0 Å². The lowest BCUT2D eigenvalue weighted by molar-refractivity contribution is 0.0944. The second-order valence-corrected chi connectivity index (χ2v) is 6.14. The van der Waals surface area contributed by atoms with Gasteiger partial charge in [-0.2, -0.15) is 0 Å². The van der Waals surface area contributed by atoms with Gasteiger partial charge in [-0.15, -0.1) is 0 Å². The first kappa shape index (κ1) is 15.3. The highest BCUT2D eigenvalue weighted by Gasteiger charge is 2.18. The molecule has 1 amide bonds. The Hall–Kier alpha value is -2.08. The number of amides is 1. The Morgan fingerprint density at radius 2 is 1.90 bits per heavy atom. The molecule has 5 nitrogen and oxygen atoms in total. The summed E-state index contributed by atoms with van der Waals surface area (Å²) in [5, 5.41) is 6.76. The summed E-state index contributed by atoms with van der Waals surface area (Å²) < 4.78 is 0. The van der Waals surface area contributed by atoms with Crippen LogP contribution in [0.2, 0.25) is 0 Å². The number of hydrogen-bond donors (Lipinski definition) is 3. The van der Waals surface area contributed by atoms with Gasteiger partial charge in [0.2, 0.25) is 0 Å². The number of rotatable bonds is 5. The molecular formula is C15H20N4OS. The molecule has 0 bridgehead atoms. The average Bonchev–Trinajstić information content (AvgIpc) is 2.79. The summed E-state index contributed by atoms with van der Waals surface area (Å²) in [5.74, 6) is 0.0686. The summed E-state index contributed by atoms with van der Waals surface area (Å²) in [7, 11) is 0. The summed E-state index contributed by atoms with van der Waals surface area (Å²) >= 11 is 1.27. The van der Waals surface area contributed by atoms with Crippen LogP contribution in [0.4, 0.5) is 10.9 Å². The van der Waals surface area contributed by atoms with Crippen molar-refractivity contribution < 1.29 is 4.79 Å². The van der Waals surface area contributed by atoms with Crippen LogP contribution in [0.1, 0.15) is 42.0 Å². The third-order valence-electron chi connectivity index (χ3n) is 2.92. The van der Waals surface area contributed by atoms with Crippen LogP contribution in [-0.4, -0.2) is 16.9 Å². The molecule has 0 radical (unpaired) electrons. The Labute approximate surface area is 128 Å². The summed E-state index contributed by atoms with van der Waals surface area (Å²) in [6.07, 6.45) is 0. The van der Waals surface area contributed by atoms with E-state index < -0.39 is 0 Å². The van der Waals surface area contributed by atoms with Gasteiger partial charge in [-0.05, 0) is 26.3 Å². The van der Waals surface area contributed by atoms with E-state index in [1.54, 1.807) is 0 Å². The number of nitrogens with two attached hydrogens (primary N) is 1. The molecule has 1 aromatic carbocycles. The molecule has 112 valence electrons. The SMILES string of the molecule is CC(C)Nc1nc(N)c(C(=O)NC(C)c2ccccc2)s1. The number of thiazole rings is 1. The Morgan fingerprint density at radius 3 is 2.52 bits per heavy atom. The smallest absolute Gasteiger partial charge is 0.265 e. The summed E-state index contributed by atoms with van der Waals surface area (Å²) in [6, 6.07) is 9.96. The number of carbonyl (C=O) groups is 1. The van der Waals surface area contributed by atoms with Gasteiger partial charge in [0.15, 0.2) is 5.13 Å². The highest BCUT2D eigenvalue weighted by atomic mass is 32.1. The van der Waals surface area contributed by atoms with E-state index in [0.717, 1.165) is 5.56 Å². The van der Waals surface area contributed by atoms with Crippen molar-refractivity contribution in [3.8, 4) is 0 Å². The van der Waals surface area contributed by atoms with E-state index in [9.17, 15) is 4.79 Å². The van der Waals surface area contributed by atoms with Gasteiger partial charge in [0, 0.05) is 6.04 Å². The molecule has 6 heteroatoms. The van der Waals surface area contributed by atoms with Gasteiger partial charge < -0.3 is 16.4 Å². The molecule has 4 N–H and O–H groups in total. The number of aromatic nitrogens is 1. The number of anilines is 2. The lowest BCUT2D eigenvalue weighted by Crippen LogP contribution is -2.26. The van der Waals surface area contributed by atoms with Crippen molar-refractivity contribution in [1.29, 1.82) is 0 Å². The minimum absolute atomic E-state index is 0.0818. The third kappa shape index (κ3) is 3.95. The standard InChI is InChI=1S/C15H20N4OS/c1-9(2)17-15-19-13(16)12(21-15)14(20)18-10(3)11-7-5-4-6-8-11/h4-10H,16H2,1-3H3,(H,17,19)(H,18,20). The van der Waals surface area contributed by atoms with Crippen molar-refractivity contribution >= 4 is 28.2 Å². The lowest BCUT2D eigenvalue weighted by Gasteiger charge is -2.13. The Morgan fingerprint density at radius 1 is 1.24 bits per heavy atom. The van der Waals surface area contributed by atoms with Gasteiger partial charge in [-0.1, -0.05) is 41.7 Å². The molecule has 2 aromatic rings. The molecule has 0 spiro atoms. The molecule has 0 saturated heterocycles. The van der Waals surface area contributed by atoms with Gasteiger partial charge in [-0.25, -0.2) is 4.98 Å². The van der Waals surface area contributed by atoms with E-state index >= 15 is 0 Å². The van der Waals surface area contributed by atoms with E-state index in [-0.39, 0.29) is 23.8 Å². The predicted octanol–water partition coefficient (Wildman–Crippen LogP) is 3.04. The first-order valence-electron chi connectivity index (χ1n) is 6.86. The quantitative estimate of drug-likeness (QED) is 0.793. The molecule has 1 unspecified atom stereocenters. The van der Waals surface area contributed by atoms with Gasteiger partial charge >= 0.3 is 0 Å². The fourth-order valence-corrected chi connectivity index (χ4v) is 2.82. The van der Waals surface area contributed by atoms with Crippen molar-refractivity contribution in [2.45, 2.75) is 32.9 Å². The fourth-order valence-electron chi connectivity index (χ4n) is 1.89. The van der Waals surface area contributed by atoms with Crippen LogP contribution in [0.3, 0.4) is 0 Å². The molecular weight excluding hydrogens is 284 g/mol. The Bertz CT molecular complexity index is 609. The number of nitrogen functional groups attached to an aromatic ring is 1. The molecule has 0 fully saturated rings. The number of hydrogen-bond acceptors (Lipinski definition) is 5. The lowest BCUT2D eigenvalue weighted by atomic mass is 10.1. The number of benzene rings is 1. The minimum atomic E-state index is -0.196. The molecule has 0 aliphatic heterocycles. The molecule has 2 rings (SSSR count). The van der Waals surface area contributed by atoms with Crippen molar-refractivity contribution in [2.24, 2.45) is 0 Å². The zero-order valence-corrected chi connectivity index (χ0v) is 13.2. The van der Waals surface area contributed by atoms with E-state index in [2.05, 4.69) is 15.6 Å². The van der Waals surface area contributed by atoms with Crippen molar-refractivity contribution in [3.63, 3.8) is 0 Å². The minimum Gasteiger partial charge on any atom is -0.382 e. The molecule has 0 aliphatic rings. The van der Waals surface area contributed by atoms with Crippen molar-refractivity contribution in [2.75, 3.05) is 11.1 Å². The normalized spacial score (nSPS) is 12.2. The van der Waals surface area contributed by atoms with Gasteiger partial charge in [0.25, 0.3) is 5.91 Å². The van der Waals surface area contributed by atoms with E-state index in [1.807, 2.05) is 51.1 Å². The van der Waals surface area contributed by atoms with Crippen LogP contribution in [0, 0.1) is 0 Å². The topological polar surface area (TPSA) is 80.0 Å². The maximum atomic E-state index is 12.3. The molecule has 1 atom stereocenters. The molecule has 1 aromatic heterocycles. The molecule has 21 heavy (non-hydrogen) atoms. The van der Waals surface area contributed by atoms with Crippen LogP contribution >= 0.6 is 11.3 Å². The van der Waals surface area contributed by atoms with Gasteiger partial charge in [0.05, 0.1) is 6.04 Å². The molecule has 0 aliphatic carbocycles. The maximum absolute atomic E-state index is 12.3. The number of nitrogens with zero attached hydrogens (tertiary/aromatic N) is 1. The maximum Gasteiger partial charge on any atom is 0.265 e. The van der Waals surface area contributed by atoms with Crippen molar-refractivity contribution in [1.82, 2.24) is 10.3 Å². The Kier molecular flexibility index (Phi) is 4.80. The summed E-state index contributed by atoms with van der Waals surface area (Å²) in [6.45, 7) is 5.96. The number of carbonyl (C=O) groups excluding carboxylic acids is 1. The van der Waals surface area contributed by atoms with Crippen LogP contribution in [-0.2, 0) is 0 Å². The zero-order chi connectivity index (χ0) is 15.4. The highest BCUT2D eigenvalue weighted by molar-refractivity contribution is 7.18.